The first kappa shape index (κ1) is 13.9. The van der Waals surface area contributed by atoms with Gasteiger partial charge in [-0.15, -0.1) is 0 Å². The molecule has 19 heavy (non-hydrogen) atoms. The molecule has 0 aliphatic carbocycles. The van der Waals surface area contributed by atoms with Crippen LogP contribution in [0.3, 0.4) is 0 Å². The molecule has 0 saturated carbocycles. The van der Waals surface area contributed by atoms with Crippen LogP contribution >= 0.6 is 0 Å². The van der Waals surface area contributed by atoms with E-state index < -0.39 is 10.0 Å². The van der Waals surface area contributed by atoms with Crippen molar-refractivity contribution >= 4 is 20.9 Å². The van der Waals surface area contributed by atoms with Crippen molar-refractivity contribution in [2.24, 2.45) is 5.14 Å². The van der Waals surface area contributed by atoms with Crippen molar-refractivity contribution in [3.63, 3.8) is 0 Å². The summed E-state index contributed by atoms with van der Waals surface area (Å²) in [6, 6.07) is 9.91. The van der Waals surface area contributed by atoms with Gasteiger partial charge in [-0.3, -0.25) is 4.98 Å². The molecule has 0 fully saturated rings. The topological polar surface area (TPSA) is 85.1 Å². The Hall–Kier alpha value is -1.50. The van der Waals surface area contributed by atoms with Crippen LogP contribution in [-0.4, -0.2) is 25.7 Å². The lowest BCUT2D eigenvalue weighted by atomic mass is 10.1. The van der Waals surface area contributed by atoms with Crippen molar-refractivity contribution in [2.75, 3.05) is 12.3 Å². The Kier molecular flexibility index (Phi) is 4.47. The Labute approximate surface area is 112 Å². The number of primary sulfonamides is 1. The van der Waals surface area contributed by atoms with Gasteiger partial charge in [0, 0.05) is 18.1 Å². The van der Waals surface area contributed by atoms with E-state index in [0.29, 0.717) is 19.5 Å². The second-order valence-electron chi connectivity index (χ2n) is 4.38. The van der Waals surface area contributed by atoms with Crippen molar-refractivity contribution in [3.05, 3.63) is 42.1 Å². The van der Waals surface area contributed by atoms with Gasteiger partial charge in [0.1, 0.15) is 0 Å². The van der Waals surface area contributed by atoms with E-state index in [2.05, 4.69) is 10.3 Å². The monoisotopic (exact) mass is 279 g/mol. The number of rotatable bonds is 6. The van der Waals surface area contributed by atoms with Crippen molar-refractivity contribution in [3.8, 4) is 0 Å². The first-order valence-corrected chi connectivity index (χ1v) is 7.81. The van der Waals surface area contributed by atoms with Crippen LogP contribution in [0.15, 0.2) is 36.5 Å². The second kappa shape index (κ2) is 6.10. The quantitative estimate of drug-likeness (QED) is 0.773. The summed E-state index contributed by atoms with van der Waals surface area (Å²) < 4.78 is 21.6. The van der Waals surface area contributed by atoms with Crippen LogP contribution in [0.5, 0.6) is 0 Å². The maximum Gasteiger partial charge on any atom is 0.209 e. The highest BCUT2D eigenvalue weighted by Crippen LogP contribution is 2.15. The molecule has 0 amide bonds. The van der Waals surface area contributed by atoms with Gasteiger partial charge in [0.05, 0.1) is 11.3 Å². The fraction of sp³-hybridized carbons (Fsp3) is 0.308. The van der Waals surface area contributed by atoms with Crippen molar-refractivity contribution in [1.82, 2.24) is 10.3 Å². The van der Waals surface area contributed by atoms with E-state index in [0.717, 1.165) is 16.5 Å². The molecule has 1 aromatic carbocycles. The number of hydrogen-bond acceptors (Lipinski definition) is 4. The minimum absolute atomic E-state index is 0.0110. The summed E-state index contributed by atoms with van der Waals surface area (Å²) in [6.45, 7) is 1.31. The maximum atomic E-state index is 10.8. The van der Waals surface area contributed by atoms with E-state index in [1.165, 1.54) is 0 Å². The lowest BCUT2D eigenvalue weighted by Gasteiger charge is -2.07. The fourth-order valence-corrected chi connectivity index (χ4v) is 2.48. The molecule has 102 valence electrons. The van der Waals surface area contributed by atoms with E-state index in [1.807, 2.05) is 30.3 Å². The van der Waals surface area contributed by atoms with Gasteiger partial charge in [0.15, 0.2) is 0 Å². The van der Waals surface area contributed by atoms with E-state index in [9.17, 15) is 8.42 Å². The molecule has 3 N–H and O–H groups in total. The summed E-state index contributed by atoms with van der Waals surface area (Å²) in [5, 5.41) is 9.27. The number of pyridine rings is 1. The van der Waals surface area contributed by atoms with Gasteiger partial charge in [-0.2, -0.15) is 0 Å². The number of nitrogens with one attached hydrogen (secondary N) is 1. The predicted molar refractivity (Wildman–Crippen MR) is 76.0 cm³/mol. The van der Waals surface area contributed by atoms with Gasteiger partial charge >= 0.3 is 0 Å². The normalized spacial score (nSPS) is 11.8. The van der Waals surface area contributed by atoms with Gasteiger partial charge in [0.25, 0.3) is 0 Å². The van der Waals surface area contributed by atoms with Gasteiger partial charge in [-0.1, -0.05) is 18.2 Å². The zero-order valence-corrected chi connectivity index (χ0v) is 11.4. The minimum Gasteiger partial charge on any atom is -0.313 e. The molecule has 6 heteroatoms. The average Bonchev–Trinajstić information content (AvgIpc) is 2.37. The maximum absolute atomic E-state index is 10.8. The van der Waals surface area contributed by atoms with E-state index in [-0.39, 0.29) is 5.75 Å². The highest BCUT2D eigenvalue weighted by molar-refractivity contribution is 7.89. The third kappa shape index (κ3) is 4.27. The average molecular weight is 279 g/mol. The van der Waals surface area contributed by atoms with Crippen LogP contribution in [0.25, 0.3) is 10.9 Å². The molecule has 0 bridgehead atoms. The van der Waals surface area contributed by atoms with Crippen molar-refractivity contribution in [2.45, 2.75) is 13.0 Å². The zero-order chi connectivity index (χ0) is 13.7. The first-order chi connectivity index (χ1) is 9.06. The first-order valence-electron chi connectivity index (χ1n) is 6.10. The largest absolute Gasteiger partial charge is 0.313 e. The molecule has 0 unspecified atom stereocenters. The number of para-hydroxylation sites is 1. The summed E-state index contributed by atoms with van der Waals surface area (Å²) in [6.07, 6.45) is 2.30. The predicted octanol–water partition coefficient (Wildman–Crippen LogP) is 1.00. The highest BCUT2D eigenvalue weighted by atomic mass is 32.2. The summed E-state index contributed by atoms with van der Waals surface area (Å²) in [5.41, 5.74) is 2.12. The molecule has 0 spiro atoms. The SMILES string of the molecule is NS(=O)(=O)CCCNCc1ccnc2ccccc12. The van der Waals surface area contributed by atoms with Gasteiger partial charge in [-0.05, 0) is 30.7 Å². The van der Waals surface area contributed by atoms with Gasteiger partial charge in [-0.25, -0.2) is 13.6 Å². The fourth-order valence-electron chi connectivity index (χ4n) is 1.93. The number of benzene rings is 1. The molecule has 5 nitrogen and oxygen atoms in total. The number of sulfonamides is 1. The Morgan fingerprint density at radius 1 is 1.21 bits per heavy atom. The number of aromatic nitrogens is 1. The lowest BCUT2D eigenvalue weighted by molar-refractivity contribution is 0.590. The van der Waals surface area contributed by atoms with E-state index in [1.54, 1.807) is 6.20 Å². The smallest absolute Gasteiger partial charge is 0.209 e. The Balaban J connectivity index is 1.92. The number of nitrogens with two attached hydrogens (primary N) is 1. The third-order valence-electron chi connectivity index (χ3n) is 2.84. The van der Waals surface area contributed by atoms with Crippen molar-refractivity contribution < 1.29 is 8.42 Å². The summed E-state index contributed by atoms with van der Waals surface area (Å²) in [4.78, 5) is 4.29. The Morgan fingerprint density at radius 3 is 2.79 bits per heavy atom. The molecule has 0 saturated heterocycles. The van der Waals surface area contributed by atoms with Crippen LogP contribution in [0.1, 0.15) is 12.0 Å². The lowest BCUT2D eigenvalue weighted by Crippen LogP contribution is -2.22. The molecule has 1 aromatic heterocycles. The zero-order valence-electron chi connectivity index (χ0n) is 10.5. The standard InChI is InChI=1S/C13H17N3O2S/c14-19(17,18)9-3-7-15-10-11-6-8-16-13-5-2-1-4-12(11)13/h1-2,4-6,8,15H,3,7,9-10H2,(H2,14,17,18). The van der Waals surface area contributed by atoms with E-state index >= 15 is 0 Å². The third-order valence-corrected chi connectivity index (χ3v) is 3.69. The second-order valence-corrected chi connectivity index (χ2v) is 6.12. The molecule has 2 aromatic rings. The number of fused-ring (bicyclic) bond motifs is 1. The van der Waals surface area contributed by atoms with Crippen LogP contribution in [0.4, 0.5) is 0 Å². The van der Waals surface area contributed by atoms with E-state index in [4.69, 9.17) is 5.14 Å². The number of nitrogens with zero attached hydrogens (tertiary/aromatic N) is 1. The Morgan fingerprint density at radius 2 is 2.00 bits per heavy atom. The number of hydrogen-bond donors (Lipinski definition) is 2. The van der Waals surface area contributed by atoms with Crippen molar-refractivity contribution in [1.29, 1.82) is 0 Å². The molecule has 0 atom stereocenters. The summed E-state index contributed by atoms with van der Waals surface area (Å²) in [5.74, 6) is 0.0110. The molecule has 2 rings (SSSR count). The molecule has 0 aliphatic rings. The van der Waals surface area contributed by atoms with Crippen LogP contribution in [0.2, 0.25) is 0 Å². The van der Waals surface area contributed by atoms with Gasteiger partial charge in [0.2, 0.25) is 10.0 Å². The summed E-state index contributed by atoms with van der Waals surface area (Å²) in [7, 11) is -3.35. The van der Waals surface area contributed by atoms with Crippen LogP contribution in [0, 0.1) is 0 Å². The van der Waals surface area contributed by atoms with Crippen LogP contribution in [-0.2, 0) is 16.6 Å². The molecule has 1 heterocycles. The molecular formula is C13H17N3O2S. The summed E-state index contributed by atoms with van der Waals surface area (Å²) >= 11 is 0. The van der Waals surface area contributed by atoms with Gasteiger partial charge < -0.3 is 5.32 Å². The Bertz CT molecular complexity index is 650. The molecule has 0 radical (unpaired) electrons. The minimum atomic E-state index is -3.35. The molecular weight excluding hydrogens is 262 g/mol. The highest BCUT2D eigenvalue weighted by Gasteiger charge is 2.03. The van der Waals surface area contributed by atoms with Crippen LogP contribution < -0.4 is 10.5 Å². The molecule has 0 aliphatic heterocycles.